The fourth-order valence-corrected chi connectivity index (χ4v) is 7.10. The lowest BCUT2D eigenvalue weighted by molar-refractivity contribution is -0.116. The van der Waals surface area contributed by atoms with Crippen molar-refractivity contribution in [3.63, 3.8) is 0 Å². The first-order valence-electron chi connectivity index (χ1n) is 13.6. The van der Waals surface area contributed by atoms with Crippen molar-refractivity contribution in [2.75, 3.05) is 11.9 Å². The van der Waals surface area contributed by atoms with Crippen LogP contribution in [0.2, 0.25) is 5.02 Å². The molecule has 2 aliphatic rings. The zero-order chi connectivity index (χ0) is 29.2. The molecule has 0 spiro atoms. The van der Waals surface area contributed by atoms with E-state index in [9.17, 15) is 4.79 Å². The highest BCUT2D eigenvalue weighted by Gasteiger charge is 2.37. The van der Waals surface area contributed by atoms with Crippen molar-refractivity contribution in [3.8, 4) is 11.5 Å². The van der Waals surface area contributed by atoms with Crippen LogP contribution in [0.4, 0.5) is 5.95 Å². The molecule has 2 heterocycles. The number of nitrogens with zero attached hydrogens (tertiary/aromatic N) is 3. The summed E-state index contributed by atoms with van der Waals surface area (Å²) in [6.45, 7) is 2.78. The number of thioether (sulfide) groups is 1. The van der Waals surface area contributed by atoms with Gasteiger partial charge in [0.1, 0.15) is 12.6 Å². The molecule has 4 aromatic rings. The van der Waals surface area contributed by atoms with Crippen LogP contribution < -0.4 is 14.8 Å². The largest absolute Gasteiger partial charge is 0.490 e. The Bertz CT molecular complexity index is 1680. The van der Waals surface area contributed by atoms with Crippen LogP contribution in [0, 0.1) is 0 Å². The summed E-state index contributed by atoms with van der Waals surface area (Å²) in [6.07, 6.45) is 2.08. The summed E-state index contributed by atoms with van der Waals surface area (Å²) in [7, 11) is 0. The van der Waals surface area contributed by atoms with E-state index in [0.29, 0.717) is 53.0 Å². The molecule has 7 nitrogen and oxygen atoms in total. The van der Waals surface area contributed by atoms with Crippen LogP contribution in [0.5, 0.6) is 11.5 Å². The van der Waals surface area contributed by atoms with Crippen molar-refractivity contribution < 1.29 is 14.3 Å². The minimum atomic E-state index is -0.456. The SMILES string of the molecule is CCOc1cc(C2C3=C(CCCC3=O)Nc3nc(SCc4ccccc4Cl)nn32)cc(Br)c1OCc1ccc(Br)cc1. The molecule has 1 aliphatic carbocycles. The molecule has 0 saturated carbocycles. The molecular formula is C31H27Br2ClN4O3S. The van der Waals surface area contributed by atoms with E-state index in [1.807, 2.05) is 72.3 Å². The second kappa shape index (κ2) is 12.8. The predicted molar refractivity (Wildman–Crippen MR) is 172 cm³/mol. The average Bonchev–Trinajstić information content (AvgIpc) is 3.39. The molecule has 6 rings (SSSR count). The maximum Gasteiger partial charge on any atom is 0.227 e. The number of allylic oxidation sites excluding steroid dienone is 2. The summed E-state index contributed by atoms with van der Waals surface area (Å²) < 4.78 is 15.9. The molecule has 0 amide bonds. The number of aromatic nitrogens is 3. The molecule has 1 aliphatic heterocycles. The van der Waals surface area contributed by atoms with Crippen molar-refractivity contribution in [3.05, 3.63) is 103 Å². The van der Waals surface area contributed by atoms with E-state index in [0.717, 1.165) is 49.7 Å². The zero-order valence-electron chi connectivity index (χ0n) is 22.7. The van der Waals surface area contributed by atoms with Gasteiger partial charge in [-0.2, -0.15) is 4.98 Å². The van der Waals surface area contributed by atoms with Gasteiger partial charge in [0.25, 0.3) is 0 Å². The standard InChI is InChI=1S/C31H27Br2ClN4O3S/c1-2-40-26-15-20(14-22(33)29(26)41-16-18-10-12-21(32)13-11-18)28-27-24(8-5-9-25(27)39)35-30-36-31(37-38(28)30)42-17-19-6-3-4-7-23(19)34/h3-4,6-7,10-15,28H,2,5,8-9,16-17H2,1H3,(H,35,36,37). The van der Waals surface area contributed by atoms with E-state index in [-0.39, 0.29) is 5.78 Å². The first kappa shape index (κ1) is 29.3. The van der Waals surface area contributed by atoms with Crippen LogP contribution in [0.1, 0.15) is 48.9 Å². The molecule has 1 N–H and O–H groups in total. The lowest BCUT2D eigenvalue weighted by atomic mass is 9.85. The normalized spacial score (nSPS) is 16.1. The zero-order valence-corrected chi connectivity index (χ0v) is 27.4. The number of hydrogen-bond acceptors (Lipinski definition) is 7. The van der Waals surface area contributed by atoms with E-state index >= 15 is 0 Å². The Morgan fingerprint density at radius 1 is 1.10 bits per heavy atom. The molecule has 0 fully saturated rings. The van der Waals surface area contributed by atoms with Gasteiger partial charge in [-0.3, -0.25) is 4.79 Å². The van der Waals surface area contributed by atoms with E-state index in [1.165, 1.54) is 11.8 Å². The number of Topliss-reactive ketones (excluding diaryl/α,β-unsaturated/α-hetero) is 1. The summed E-state index contributed by atoms with van der Waals surface area (Å²) in [5.41, 5.74) is 4.53. The van der Waals surface area contributed by atoms with Gasteiger partial charge in [-0.05, 0) is 82.7 Å². The number of nitrogens with one attached hydrogen (secondary N) is 1. The van der Waals surface area contributed by atoms with Gasteiger partial charge in [0.2, 0.25) is 11.1 Å². The van der Waals surface area contributed by atoms with Crippen molar-refractivity contribution in [2.24, 2.45) is 0 Å². The number of ether oxygens (including phenoxy) is 2. The molecule has 0 bridgehead atoms. The Balaban J connectivity index is 1.36. The Morgan fingerprint density at radius 3 is 2.69 bits per heavy atom. The van der Waals surface area contributed by atoms with Crippen molar-refractivity contribution >= 4 is 67.0 Å². The summed E-state index contributed by atoms with van der Waals surface area (Å²) in [6, 6.07) is 19.2. The van der Waals surface area contributed by atoms with Gasteiger partial charge in [-0.25, -0.2) is 4.68 Å². The number of hydrogen-bond donors (Lipinski definition) is 1. The van der Waals surface area contributed by atoms with Gasteiger partial charge in [-0.15, -0.1) is 5.10 Å². The second-order valence-corrected chi connectivity index (χ2v) is 13.0. The highest BCUT2D eigenvalue weighted by atomic mass is 79.9. The molecule has 0 saturated heterocycles. The lowest BCUT2D eigenvalue weighted by Crippen LogP contribution is -2.31. The third kappa shape index (κ3) is 6.13. The average molecular weight is 731 g/mol. The van der Waals surface area contributed by atoms with Crippen LogP contribution in [0.3, 0.4) is 0 Å². The first-order chi connectivity index (χ1) is 20.4. The molecule has 1 unspecified atom stereocenters. The number of carbonyl (C=O) groups excluding carboxylic acids is 1. The number of carbonyl (C=O) groups is 1. The number of anilines is 1. The first-order valence-corrected chi connectivity index (χ1v) is 16.6. The number of ketones is 1. The highest BCUT2D eigenvalue weighted by Crippen LogP contribution is 2.45. The van der Waals surface area contributed by atoms with E-state index < -0.39 is 6.04 Å². The molecule has 216 valence electrons. The van der Waals surface area contributed by atoms with Gasteiger partial charge in [-0.1, -0.05) is 69.6 Å². The Labute approximate surface area is 270 Å². The van der Waals surface area contributed by atoms with E-state index in [2.05, 4.69) is 37.2 Å². The molecule has 11 heteroatoms. The molecular weight excluding hydrogens is 704 g/mol. The van der Waals surface area contributed by atoms with E-state index in [1.54, 1.807) is 0 Å². The van der Waals surface area contributed by atoms with Crippen molar-refractivity contribution in [1.29, 1.82) is 0 Å². The van der Waals surface area contributed by atoms with Crippen molar-refractivity contribution in [2.45, 2.75) is 49.7 Å². The van der Waals surface area contributed by atoms with Crippen LogP contribution in [-0.4, -0.2) is 27.2 Å². The van der Waals surface area contributed by atoms with Gasteiger partial charge in [0.05, 0.1) is 11.1 Å². The van der Waals surface area contributed by atoms with Gasteiger partial charge >= 0.3 is 0 Å². The fraction of sp³-hybridized carbons (Fsp3) is 0.258. The third-order valence-electron chi connectivity index (χ3n) is 7.11. The number of fused-ring (bicyclic) bond motifs is 1. The molecule has 3 aromatic carbocycles. The Morgan fingerprint density at radius 2 is 1.90 bits per heavy atom. The summed E-state index contributed by atoms with van der Waals surface area (Å²) >= 11 is 15.1. The highest BCUT2D eigenvalue weighted by molar-refractivity contribution is 9.10. The fourth-order valence-electron chi connectivity index (χ4n) is 5.15. The van der Waals surface area contributed by atoms with Crippen LogP contribution in [-0.2, 0) is 17.2 Å². The second-order valence-electron chi connectivity index (χ2n) is 9.92. The smallest absolute Gasteiger partial charge is 0.227 e. The topological polar surface area (TPSA) is 78.3 Å². The van der Waals surface area contributed by atoms with Crippen LogP contribution in [0.15, 0.2) is 86.0 Å². The molecule has 42 heavy (non-hydrogen) atoms. The van der Waals surface area contributed by atoms with Crippen molar-refractivity contribution in [1.82, 2.24) is 14.8 Å². The van der Waals surface area contributed by atoms with E-state index in [4.69, 9.17) is 31.2 Å². The maximum absolute atomic E-state index is 13.4. The lowest BCUT2D eigenvalue weighted by Gasteiger charge is -2.32. The van der Waals surface area contributed by atoms with Crippen LogP contribution in [0.25, 0.3) is 0 Å². The number of halogens is 3. The molecule has 0 radical (unpaired) electrons. The van der Waals surface area contributed by atoms with Gasteiger partial charge in [0, 0.05) is 32.9 Å². The minimum absolute atomic E-state index is 0.116. The summed E-state index contributed by atoms with van der Waals surface area (Å²) in [5.74, 6) is 2.56. The maximum atomic E-state index is 13.4. The summed E-state index contributed by atoms with van der Waals surface area (Å²) in [5, 5.41) is 9.60. The summed E-state index contributed by atoms with van der Waals surface area (Å²) in [4.78, 5) is 18.2. The monoisotopic (exact) mass is 728 g/mol. The Kier molecular flexibility index (Phi) is 8.95. The van der Waals surface area contributed by atoms with Gasteiger partial charge < -0.3 is 14.8 Å². The Hall–Kier alpha value is -2.79. The van der Waals surface area contributed by atoms with Gasteiger partial charge in [0.15, 0.2) is 17.3 Å². The third-order valence-corrected chi connectivity index (χ3v) is 9.48. The minimum Gasteiger partial charge on any atom is -0.490 e. The molecule has 1 atom stereocenters. The number of benzene rings is 3. The number of rotatable bonds is 9. The quantitative estimate of drug-likeness (QED) is 0.173. The molecule has 1 aromatic heterocycles. The van der Waals surface area contributed by atoms with Crippen LogP contribution >= 0.6 is 55.2 Å². The predicted octanol–water partition coefficient (Wildman–Crippen LogP) is 8.75.